The smallest absolute Gasteiger partial charge is 0.258 e. The summed E-state index contributed by atoms with van der Waals surface area (Å²) in [4.78, 5) is 20.0. The zero-order valence-electron chi connectivity index (χ0n) is 22.6. The lowest BCUT2D eigenvalue weighted by Crippen LogP contribution is -2.38. The number of hydrogen-bond donors (Lipinski definition) is 2. The van der Waals surface area contributed by atoms with Gasteiger partial charge < -0.3 is 19.7 Å². The van der Waals surface area contributed by atoms with Crippen molar-refractivity contribution in [1.82, 2.24) is 9.38 Å². The molecule has 2 aromatic carbocycles. The number of nitrogens with zero attached hydrogens (tertiary/aromatic N) is 3. The molecule has 0 spiro atoms. The maximum Gasteiger partial charge on any atom is 0.258 e. The SMILES string of the molecule is CC(C)(C)Nc1cc(-c2cccc(N3CCc4cc(C(C)(C)C)ccc4C3=O)c2CO)cn2ccnc12. The minimum atomic E-state index is -0.172. The Morgan fingerprint density at radius 3 is 2.51 bits per heavy atom. The van der Waals surface area contributed by atoms with Crippen LogP contribution in [0.4, 0.5) is 11.4 Å². The maximum atomic E-state index is 13.7. The Hall–Kier alpha value is -3.64. The van der Waals surface area contributed by atoms with Gasteiger partial charge in [0.1, 0.15) is 0 Å². The normalized spacial score (nSPS) is 14.2. The van der Waals surface area contributed by atoms with Crippen molar-refractivity contribution < 1.29 is 9.90 Å². The van der Waals surface area contributed by atoms with E-state index in [0.717, 1.165) is 51.3 Å². The fourth-order valence-corrected chi connectivity index (χ4v) is 5.13. The van der Waals surface area contributed by atoms with Crippen LogP contribution < -0.4 is 10.2 Å². The monoisotopic (exact) mass is 496 g/mol. The van der Waals surface area contributed by atoms with Crippen molar-refractivity contribution in [3.05, 3.63) is 83.3 Å². The lowest BCUT2D eigenvalue weighted by atomic mass is 9.84. The second-order valence-corrected chi connectivity index (χ2v) is 12.0. The molecular formula is C31H36N4O2. The van der Waals surface area contributed by atoms with Crippen LogP contribution in [-0.4, -0.2) is 32.5 Å². The molecule has 1 aliphatic heterocycles. The highest BCUT2D eigenvalue weighted by atomic mass is 16.3. The number of benzene rings is 2. The minimum Gasteiger partial charge on any atom is -0.392 e. The van der Waals surface area contributed by atoms with Crippen molar-refractivity contribution >= 4 is 22.9 Å². The Morgan fingerprint density at radius 1 is 1.03 bits per heavy atom. The van der Waals surface area contributed by atoms with Crippen molar-refractivity contribution in [2.24, 2.45) is 0 Å². The average molecular weight is 497 g/mol. The molecule has 3 heterocycles. The molecule has 1 amide bonds. The molecule has 192 valence electrons. The molecule has 37 heavy (non-hydrogen) atoms. The predicted molar refractivity (Wildman–Crippen MR) is 150 cm³/mol. The first-order valence-corrected chi connectivity index (χ1v) is 12.9. The van der Waals surface area contributed by atoms with Gasteiger partial charge in [-0.25, -0.2) is 4.98 Å². The Bertz CT molecular complexity index is 1490. The van der Waals surface area contributed by atoms with Crippen LogP contribution in [-0.2, 0) is 18.4 Å². The number of hydrogen-bond acceptors (Lipinski definition) is 4. The van der Waals surface area contributed by atoms with E-state index in [1.165, 1.54) is 5.56 Å². The van der Waals surface area contributed by atoms with Gasteiger partial charge in [-0.1, -0.05) is 45.0 Å². The van der Waals surface area contributed by atoms with E-state index in [4.69, 9.17) is 0 Å². The van der Waals surface area contributed by atoms with Crippen molar-refractivity contribution in [1.29, 1.82) is 0 Å². The predicted octanol–water partition coefficient (Wildman–Crippen LogP) is 6.20. The summed E-state index contributed by atoms with van der Waals surface area (Å²) in [7, 11) is 0. The number of rotatable bonds is 4. The van der Waals surface area contributed by atoms with Crippen molar-refractivity contribution in [2.75, 3.05) is 16.8 Å². The molecule has 6 heteroatoms. The van der Waals surface area contributed by atoms with Gasteiger partial charge in [0.2, 0.25) is 0 Å². The van der Waals surface area contributed by atoms with E-state index in [2.05, 4.69) is 70.0 Å². The third-order valence-corrected chi connectivity index (χ3v) is 6.96. The third kappa shape index (κ3) is 4.74. The fourth-order valence-electron chi connectivity index (χ4n) is 5.13. The van der Waals surface area contributed by atoms with E-state index < -0.39 is 0 Å². The zero-order valence-corrected chi connectivity index (χ0v) is 22.6. The summed E-state index contributed by atoms with van der Waals surface area (Å²) >= 11 is 0. The zero-order chi connectivity index (χ0) is 26.5. The molecular weight excluding hydrogens is 460 g/mol. The van der Waals surface area contributed by atoms with Gasteiger partial charge in [-0.2, -0.15) is 0 Å². The lowest BCUT2D eigenvalue weighted by molar-refractivity contribution is 0.0980. The van der Waals surface area contributed by atoms with Crippen LogP contribution in [0.2, 0.25) is 0 Å². The third-order valence-electron chi connectivity index (χ3n) is 6.96. The highest BCUT2D eigenvalue weighted by Gasteiger charge is 2.29. The van der Waals surface area contributed by atoms with Crippen LogP contribution in [0, 0.1) is 0 Å². The fraction of sp³-hybridized carbons (Fsp3) is 0.355. The summed E-state index contributed by atoms with van der Waals surface area (Å²) in [5, 5.41) is 14.1. The molecule has 0 fully saturated rings. The number of fused-ring (bicyclic) bond motifs is 2. The van der Waals surface area contributed by atoms with Gasteiger partial charge in [0.05, 0.1) is 18.0 Å². The van der Waals surface area contributed by atoms with Gasteiger partial charge in [-0.3, -0.25) is 4.79 Å². The molecule has 0 atom stereocenters. The number of carbonyl (C=O) groups is 1. The maximum absolute atomic E-state index is 13.7. The molecule has 2 aromatic heterocycles. The van der Waals surface area contributed by atoms with Crippen LogP contribution in [0.5, 0.6) is 0 Å². The number of carbonyl (C=O) groups excluding carboxylic acids is 1. The van der Waals surface area contributed by atoms with Crippen LogP contribution in [0.1, 0.15) is 68.6 Å². The average Bonchev–Trinajstić information content (AvgIpc) is 3.31. The summed E-state index contributed by atoms with van der Waals surface area (Å²) < 4.78 is 1.99. The molecule has 5 rings (SSSR count). The number of aliphatic hydroxyl groups is 1. The first-order valence-electron chi connectivity index (χ1n) is 12.9. The molecule has 0 saturated heterocycles. The summed E-state index contributed by atoms with van der Waals surface area (Å²) in [6.07, 6.45) is 6.51. The molecule has 0 unspecified atom stereocenters. The van der Waals surface area contributed by atoms with Crippen molar-refractivity contribution in [2.45, 2.75) is 65.5 Å². The van der Waals surface area contributed by atoms with E-state index >= 15 is 0 Å². The van der Waals surface area contributed by atoms with Crippen LogP contribution in [0.3, 0.4) is 0 Å². The Kier molecular flexibility index (Phi) is 6.11. The second kappa shape index (κ2) is 9.03. The van der Waals surface area contributed by atoms with E-state index in [1.54, 1.807) is 6.20 Å². The van der Waals surface area contributed by atoms with Gasteiger partial charge in [0.25, 0.3) is 5.91 Å². The standard InChI is InChI=1S/C31H36N4O2/c1-30(2,3)22-10-11-24-20(16-22)12-14-35(29(24)37)27-9-7-8-23(25(27)19-36)21-17-26(33-31(4,5)6)28-32-13-15-34(28)18-21/h7-11,13,15-18,33,36H,12,14,19H2,1-6H3. The lowest BCUT2D eigenvalue weighted by Gasteiger charge is -2.32. The molecule has 1 aliphatic rings. The number of imidazole rings is 1. The highest BCUT2D eigenvalue weighted by molar-refractivity contribution is 6.09. The quantitative estimate of drug-likeness (QED) is 0.353. The summed E-state index contributed by atoms with van der Waals surface area (Å²) in [6, 6.07) is 14.2. The van der Waals surface area contributed by atoms with Crippen molar-refractivity contribution in [3.63, 3.8) is 0 Å². The van der Waals surface area contributed by atoms with E-state index in [9.17, 15) is 9.90 Å². The number of anilines is 2. The second-order valence-electron chi connectivity index (χ2n) is 12.0. The molecule has 4 aromatic rings. The number of nitrogens with one attached hydrogen (secondary N) is 1. The molecule has 2 N–H and O–H groups in total. The summed E-state index contributed by atoms with van der Waals surface area (Å²) in [5.41, 5.74) is 8.07. The molecule has 0 saturated carbocycles. The largest absolute Gasteiger partial charge is 0.392 e. The Labute approximate surface area is 219 Å². The topological polar surface area (TPSA) is 69.9 Å². The summed E-state index contributed by atoms with van der Waals surface area (Å²) in [5.74, 6) is -0.0197. The van der Waals surface area contributed by atoms with Gasteiger partial charge in [0, 0.05) is 47.4 Å². The van der Waals surface area contributed by atoms with E-state index in [0.29, 0.717) is 6.54 Å². The van der Waals surface area contributed by atoms with E-state index in [1.807, 2.05) is 46.0 Å². The first kappa shape index (κ1) is 25.0. The summed E-state index contributed by atoms with van der Waals surface area (Å²) in [6.45, 7) is 13.3. The molecule has 0 radical (unpaired) electrons. The number of aliphatic hydroxyl groups excluding tert-OH is 1. The van der Waals surface area contributed by atoms with Crippen molar-refractivity contribution in [3.8, 4) is 11.1 Å². The van der Waals surface area contributed by atoms with Gasteiger partial charge in [-0.15, -0.1) is 0 Å². The Balaban J connectivity index is 1.57. The first-order chi connectivity index (χ1) is 17.5. The van der Waals surface area contributed by atoms with Gasteiger partial charge in [0.15, 0.2) is 5.65 Å². The number of pyridine rings is 1. The molecule has 0 bridgehead atoms. The van der Waals surface area contributed by atoms with Gasteiger partial charge >= 0.3 is 0 Å². The molecule has 6 nitrogen and oxygen atoms in total. The van der Waals surface area contributed by atoms with Crippen LogP contribution in [0.15, 0.2) is 61.1 Å². The number of aromatic nitrogens is 2. The highest BCUT2D eigenvalue weighted by Crippen LogP contribution is 2.37. The van der Waals surface area contributed by atoms with E-state index in [-0.39, 0.29) is 23.5 Å². The van der Waals surface area contributed by atoms with Crippen LogP contribution >= 0.6 is 0 Å². The van der Waals surface area contributed by atoms with Gasteiger partial charge in [-0.05, 0) is 67.5 Å². The van der Waals surface area contributed by atoms with Crippen LogP contribution in [0.25, 0.3) is 16.8 Å². The Morgan fingerprint density at radius 2 is 1.81 bits per heavy atom. The number of amides is 1. The molecule has 0 aliphatic carbocycles. The minimum absolute atomic E-state index is 0.0197.